The highest BCUT2D eigenvalue weighted by atomic mass is 79.9. The van der Waals surface area contributed by atoms with Crippen LogP contribution in [0.2, 0.25) is 0 Å². The summed E-state index contributed by atoms with van der Waals surface area (Å²) >= 11 is 3.33. The first kappa shape index (κ1) is 13.4. The van der Waals surface area contributed by atoms with Gasteiger partial charge in [-0.2, -0.15) is 0 Å². The van der Waals surface area contributed by atoms with Gasteiger partial charge in [-0.1, -0.05) is 0 Å². The van der Waals surface area contributed by atoms with E-state index in [0.29, 0.717) is 0 Å². The van der Waals surface area contributed by atoms with Crippen LogP contribution in [0.1, 0.15) is 12.5 Å². The first-order chi connectivity index (χ1) is 7.28. The lowest BCUT2D eigenvalue weighted by atomic mass is 10.2. The highest BCUT2D eigenvalue weighted by molar-refractivity contribution is 9.10. The monoisotopic (exact) mass is 306 g/mol. The topological polar surface area (TPSA) is 59.1 Å². The molecule has 4 nitrogen and oxygen atoms in total. The van der Waals surface area contributed by atoms with Crippen LogP contribution < -0.4 is 5.32 Å². The van der Waals surface area contributed by atoms with Crippen molar-refractivity contribution in [3.05, 3.63) is 22.3 Å². The van der Waals surface area contributed by atoms with E-state index in [-0.39, 0.29) is 11.8 Å². The van der Waals surface area contributed by atoms with Crippen LogP contribution in [0.4, 0.5) is 5.82 Å². The number of hydrogen-bond acceptors (Lipinski definition) is 4. The molecular formula is C10H15BrN2O2S. The predicted octanol–water partition coefficient (Wildman–Crippen LogP) is 2.00. The number of halogens is 1. The Morgan fingerprint density at radius 3 is 2.69 bits per heavy atom. The van der Waals surface area contributed by atoms with Crippen LogP contribution in [-0.4, -0.2) is 31.5 Å². The van der Waals surface area contributed by atoms with Gasteiger partial charge in [0.25, 0.3) is 0 Å². The van der Waals surface area contributed by atoms with Crippen molar-refractivity contribution < 1.29 is 8.42 Å². The van der Waals surface area contributed by atoms with E-state index in [0.717, 1.165) is 15.9 Å². The quantitative estimate of drug-likeness (QED) is 0.924. The zero-order chi connectivity index (χ0) is 12.3. The Bertz CT molecular complexity index is 474. The van der Waals surface area contributed by atoms with Gasteiger partial charge in [-0.15, -0.1) is 0 Å². The van der Waals surface area contributed by atoms with Gasteiger partial charge in [0.05, 0.1) is 5.75 Å². The molecule has 0 aromatic carbocycles. The molecule has 90 valence electrons. The van der Waals surface area contributed by atoms with E-state index >= 15 is 0 Å². The van der Waals surface area contributed by atoms with Crippen molar-refractivity contribution in [3.8, 4) is 0 Å². The average Bonchev–Trinajstić information content (AvgIpc) is 2.06. The SMILES string of the molecule is Cc1cc(Br)cnc1NC(C)CS(C)(=O)=O. The average molecular weight is 307 g/mol. The Morgan fingerprint density at radius 2 is 2.19 bits per heavy atom. The summed E-state index contributed by atoms with van der Waals surface area (Å²) in [5, 5.41) is 3.08. The Hall–Kier alpha value is -0.620. The largest absolute Gasteiger partial charge is 0.366 e. The molecule has 0 aliphatic heterocycles. The minimum atomic E-state index is -2.96. The van der Waals surface area contributed by atoms with Gasteiger partial charge in [-0.3, -0.25) is 0 Å². The fourth-order valence-corrected chi connectivity index (χ4v) is 2.86. The van der Waals surface area contributed by atoms with Gasteiger partial charge >= 0.3 is 0 Å². The van der Waals surface area contributed by atoms with Crippen LogP contribution in [0, 0.1) is 6.92 Å². The summed E-state index contributed by atoms with van der Waals surface area (Å²) in [4.78, 5) is 4.19. The number of aryl methyl sites for hydroxylation is 1. The highest BCUT2D eigenvalue weighted by Gasteiger charge is 2.11. The van der Waals surface area contributed by atoms with E-state index in [9.17, 15) is 8.42 Å². The van der Waals surface area contributed by atoms with Crippen molar-refractivity contribution in [3.63, 3.8) is 0 Å². The number of aromatic nitrogens is 1. The lowest BCUT2D eigenvalue weighted by Crippen LogP contribution is -2.25. The van der Waals surface area contributed by atoms with Gasteiger partial charge in [0.15, 0.2) is 0 Å². The maximum Gasteiger partial charge on any atom is 0.149 e. The van der Waals surface area contributed by atoms with E-state index in [1.54, 1.807) is 6.20 Å². The van der Waals surface area contributed by atoms with Crippen molar-refractivity contribution in [2.75, 3.05) is 17.3 Å². The third-order valence-electron chi connectivity index (χ3n) is 1.98. The van der Waals surface area contributed by atoms with Crippen LogP contribution in [0.5, 0.6) is 0 Å². The first-order valence-electron chi connectivity index (χ1n) is 4.84. The van der Waals surface area contributed by atoms with Gasteiger partial charge in [-0.05, 0) is 41.4 Å². The van der Waals surface area contributed by atoms with E-state index in [1.807, 2.05) is 19.9 Å². The van der Waals surface area contributed by atoms with Crippen LogP contribution in [-0.2, 0) is 9.84 Å². The summed E-state index contributed by atoms with van der Waals surface area (Å²) in [6, 6.07) is 1.78. The fraction of sp³-hybridized carbons (Fsp3) is 0.500. The van der Waals surface area contributed by atoms with E-state index in [4.69, 9.17) is 0 Å². The molecule has 1 N–H and O–H groups in total. The van der Waals surface area contributed by atoms with Crippen molar-refractivity contribution in [2.45, 2.75) is 19.9 Å². The molecule has 0 aliphatic carbocycles. The summed E-state index contributed by atoms with van der Waals surface area (Å²) in [5.41, 5.74) is 0.981. The van der Waals surface area contributed by atoms with Crippen LogP contribution in [0.25, 0.3) is 0 Å². The molecule has 1 aromatic heterocycles. The Morgan fingerprint density at radius 1 is 1.56 bits per heavy atom. The molecular weight excluding hydrogens is 292 g/mol. The summed E-state index contributed by atoms with van der Waals surface area (Å²) in [7, 11) is -2.96. The smallest absolute Gasteiger partial charge is 0.149 e. The van der Waals surface area contributed by atoms with E-state index in [2.05, 4.69) is 26.2 Å². The molecule has 1 unspecified atom stereocenters. The number of nitrogens with zero attached hydrogens (tertiary/aromatic N) is 1. The summed E-state index contributed by atoms with van der Waals surface area (Å²) in [6.07, 6.45) is 2.91. The van der Waals surface area contributed by atoms with Gasteiger partial charge in [0.1, 0.15) is 15.7 Å². The molecule has 1 aromatic rings. The van der Waals surface area contributed by atoms with Crippen molar-refractivity contribution in [2.24, 2.45) is 0 Å². The Balaban J connectivity index is 2.73. The minimum Gasteiger partial charge on any atom is -0.366 e. The lowest BCUT2D eigenvalue weighted by molar-refractivity contribution is 0.598. The second-order valence-corrected chi connectivity index (χ2v) is 7.06. The molecule has 0 radical (unpaired) electrons. The molecule has 0 saturated carbocycles. The number of sulfone groups is 1. The van der Waals surface area contributed by atoms with Crippen molar-refractivity contribution in [1.29, 1.82) is 0 Å². The number of nitrogens with one attached hydrogen (secondary N) is 1. The van der Waals surface area contributed by atoms with Crippen LogP contribution in [0.15, 0.2) is 16.7 Å². The van der Waals surface area contributed by atoms with Gasteiger partial charge < -0.3 is 5.32 Å². The lowest BCUT2D eigenvalue weighted by Gasteiger charge is -2.15. The van der Waals surface area contributed by atoms with Crippen LogP contribution >= 0.6 is 15.9 Å². The standard InChI is InChI=1S/C10H15BrN2O2S/c1-7-4-9(11)5-12-10(7)13-8(2)6-16(3,14)15/h4-5,8H,6H2,1-3H3,(H,12,13). The highest BCUT2D eigenvalue weighted by Crippen LogP contribution is 2.17. The van der Waals surface area contributed by atoms with Gasteiger partial charge in [-0.25, -0.2) is 13.4 Å². The molecule has 6 heteroatoms. The third kappa shape index (κ3) is 4.49. The molecule has 1 atom stereocenters. The second-order valence-electron chi connectivity index (χ2n) is 3.96. The first-order valence-corrected chi connectivity index (χ1v) is 7.69. The molecule has 0 bridgehead atoms. The molecule has 0 spiro atoms. The molecule has 1 rings (SSSR count). The van der Waals surface area contributed by atoms with Gasteiger partial charge in [0.2, 0.25) is 0 Å². The molecule has 16 heavy (non-hydrogen) atoms. The van der Waals surface area contributed by atoms with E-state index in [1.165, 1.54) is 6.26 Å². The second kappa shape index (κ2) is 5.14. The van der Waals surface area contributed by atoms with E-state index < -0.39 is 9.84 Å². The number of rotatable bonds is 4. The van der Waals surface area contributed by atoms with Crippen molar-refractivity contribution in [1.82, 2.24) is 4.98 Å². The normalized spacial score (nSPS) is 13.5. The van der Waals surface area contributed by atoms with Crippen LogP contribution in [0.3, 0.4) is 0 Å². The zero-order valence-corrected chi connectivity index (χ0v) is 11.9. The van der Waals surface area contributed by atoms with Gasteiger partial charge in [0, 0.05) is 23.0 Å². The fourth-order valence-electron chi connectivity index (χ4n) is 1.42. The summed E-state index contributed by atoms with van der Waals surface area (Å²) < 4.78 is 23.1. The molecule has 0 saturated heterocycles. The predicted molar refractivity (Wildman–Crippen MR) is 69.5 cm³/mol. The number of hydrogen-bond donors (Lipinski definition) is 1. The molecule has 1 heterocycles. The third-order valence-corrected chi connectivity index (χ3v) is 3.52. The minimum absolute atomic E-state index is 0.101. The number of pyridine rings is 1. The maximum absolute atomic E-state index is 11.1. The number of anilines is 1. The summed E-state index contributed by atoms with van der Waals surface area (Å²) in [6.45, 7) is 3.75. The Kier molecular flexibility index (Phi) is 4.32. The molecule has 0 fully saturated rings. The molecule has 0 aliphatic rings. The molecule has 0 amide bonds. The Labute approximate surface area is 105 Å². The summed E-state index contributed by atoms with van der Waals surface area (Å²) in [5.74, 6) is 0.823. The zero-order valence-electron chi connectivity index (χ0n) is 9.49. The van der Waals surface area contributed by atoms with Crippen molar-refractivity contribution >= 4 is 31.6 Å². The maximum atomic E-state index is 11.1.